The van der Waals surface area contributed by atoms with Gasteiger partial charge in [-0.1, -0.05) is 0 Å². The van der Waals surface area contributed by atoms with E-state index in [1.807, 2.05) is 10.9 Å². The second kappa shape index (κ2) is 8.56. The quantitative estimate of drug-likeness (QED) is 0.593. The molecule has 3 aromatic rings. The van der Waals surface area contributed by atoms with E-state index in [-0.39, 0.29) is 23.4 Å². The fourth-order valence-electron chi connectivity index (χ4n) is 3.94. The van der Waals surface area contributed by atoms with Crippen LogP contribution in [-0.2, 0) is 11.0 Å². The molecule has 1 amide bonds. The van der Waals surface area contributed by atoms with Crippen LogP contribution in [0.3, 0.4) is 0 Å². The summed E-state index contributed by atoms with van der Waals surface area (Å²) >= 11 is 0. The zero-order valence-electron chi connectivity index (χ0n) is 17.1. The fourth-order valence-corrected chi connectivity index (χ4v) is 3.94. The van der Waals surface area contributed by atoms with E-state index in [4.69, 9.17) is 4.74 Å². The summed E-state index contributed by atoms with van der Waals surface area (Å²) in [5.41, 5.74) is -1.18. The lowest BCUT2D eigenvalue weighted by Gasteiger charge is -2.25. The minimum Gasteiger partial charge on any atom is -0.494 e. The molecule has 1 aliphatic rings. The van der Waals surface area contributed by atoms with Gasteiger partial charge in [0.25, 0.3) is 5.91 Å². The number of aromatic nitrogens is 4. The first-order valence-electron chi connectivity index (χ1n) is 10.0. The van der Waals surface area contributed by atoms with Crippen LogP contribution in [0.25, 0.3) is 10.9 Å². The monoisotopic (exact) mass is 447 g/mol. The van der Waals surface area contributed by atoms with Gasteiger partial charge < -0.3 is 14.8 Å². The largest absolute Gasteiger partial charge is 0.494 e. The Labute approximate surface area is 180 Å². The number of carbonyl (C=O) groups excluding carboxylic acids is 2. The number of hydrogen-bond donors (Lipinski definition) is 1. The molecule has 0 atom stereocenters. The highest BCUT2D eigenvalue weighted by molar-refractivity contribution is 6.06. The van der Waals surface area contributed by atoms with Crippen LogP contribution in [0.15, 0.2) is 30.9 Å². The first kappa shape index (κ1) is 21.7. The van der Waals surface area contributed by atoms with Crippen molar-refractivity contribution in [1.29, 1.82) is 0 Å². The van der Waals surface area contributed by atoms with Gasteiger partial charge in [-0.15, -0.1) is 0 Å². The molecule has 1 saturated carbocycles. The second-order valence-electron chi connectivity index (χ2n) is 7.66. The number of amides is 1. The van der Waals surface area contributed by atoms with Crippen molar-refractivity contribution in [2.75, 3.05) is 12.4 Å². The highest BCUT2D eigenvalue weighted by Gasteiger charge is 2.37. The van der Waals surface area contributed by atoms with Crippen LogP contribution in [0.5, 0.6) is 5.75 Å². The van der Waals surface area contributed by atoms with Crippen molar-refractivity contribution in [2.45, 2.75) is 37.9 Å². The van der Waals surface area contributed by atoms with E-state index in [1.54, 1.807) is 12.1 Å². The summed E-state index contributed by atoms with van der Waals surface area (Å²) in [7, 11) is 1.39. The van der Waals surface area contributed by atoms with Crippen LogP contribution >= 0.6 is 0 Å². The molecule has 32 heavy (non-hydrogen) atoms. The van der Waals surface area contributed by atoms with Crippen LogP contribution < -0.4 is 10.1 Å². The fraction of sp³-hybridized carbons (Fsp3) is 0.381. The number of fused-ring (bicyclic) bond motifs is 1. The summed E-state index contributed by atoms with van der Waals surface area (Å²) in [5, 5.41) is 7.75. The number of methoxy groups -OCH3 is 1. The molecule has 168 valence electrons. The van der Waals surface area contributed by atoms with E-state index in [0.717, 1.165) is 44.5 Å². The van der Waals surface area contributed by atoms with Crippen molar-refractivity contribution in [1.82, 2.24) is 19.7 Å². The summed E-state index contributed by atoms with van der Waals surface area (Å²) in [6, 6.07) is 3.37. The molecule has 8 nitrogen and oxygen atoms in total. The number of aldehydes is 1. The van der Waals surface area contributed by atoms with Gasteiger partial charge in [0.1, 0.15) is 18.4 Å². The van der Waals surface area contributed by atoms with Gasteiger partial charge in [0.2, 0.25) is 0 Å². The lowest BCUT2D eigenvalue weighted by atomic mass is 9.87. The predicted octanol–water partition coefficient (Wildman–Crippen LogP) is 4.04. The maximum Gasteiger partial charge on any atom is 0.434 e. The van der Waals surface area contributed by atoms with Crippen LogP contribution in [0.4, 0.5) is 18.9 Å². The van der Waals surface area contributed by atoms with Gasteiger partial charge in [-0.3, -0.25) is 9.48 Å². The summed E-state index contributed by atoms with van der Waals surface area (Å²) in [6.45, 7) is 0. The standard InChI is InChI=1S/C21H20F3N5O3/c1-32-18-7-16-13(9-29(28-16)14-4-2-12(10-30)3-5-14)6-17(18)27-20(31)15-8-25-11-26-19(15)21(22,23)24/h6-12,14H,2-5H2,1H3,(H,27,31)/t12-,14-. The Kier molecular flexibility index (Phi) is 5.81. The van der Waals surface area contributed by atoms with E-state index in [1.165, 1.54) is 7.11 Å². The molecule has 1 aromatic carbocycles. The third-order valence-corrected chi connectivity index (χ3v) is 5.62. The molecule has 2 aromatic heterocycles. The number of carbonyl (C=O) groups is 2. The molecular formula is C21H20F3N5O3. The molecule has 4 rings (SSSR count). The van der Waals surface area contributed by atoms with Gasteiger partial charge in [-0.05, 0) is 31.7 Å². The first-order valence-corrected chi connectivity index (χ1v) is 10.0. The van der Waals surface area contributed by atoms with E-state index in [9.17, 15) is 22.8 Å². The number of benzene rings is 1. The number of nitrogens with zero attached hydrogens (tertiary/aromatic N) is 4. The normalized spacial score (nSPS) is 19.0. The van der Waals surface area contributed by atoms with E-state index in [0.29, 0.717) is 10.9 Å². The SMILES string of the molecule is COc1cc2nn([C@H]3CC[C@H](C=O)CC3)cc2cc1NC(=O)c1cncnc1C(F)(F)F. The topological polar surface area (TPSA) is 99.0 Å². The Morgan fingerprint density at radius 3 is 2.66 bits per heavy atom. The van der Waals surface area contributed by atoms with Crippen molar-refractivity contribution in [3.8, 4) is 5.75 Å². The predicted molar refractivity (Wildman–Crippen MR) is 108 cm³/mol. The minimum atomic E-state index is -4.80. The third kappa shape index (κ3) is 4.27. The lowest BCUT2D eigenvalue weighted by Crippen LogP contribution is -2.20. The highest BCUT2D eigenvalue weighted by atomic mass is 19.4. The summed E-state index contributed by atoms with van der Waals surface area (Å²) in [5.74, 6) is -0.664. The summed E-state index contributed by atoms with van der Waals surface area (Å²) < 4.78 is 46.8. The molecule has 0 radical (unpaired) electrons. The van der Waals surface area contributed by atoms with Gasteiger partial charge >= 0.3 is 6.18 Å². The number of anilines is 1. The molecule has 1 aliphatic carbocycles. The second-order valence-corrected chi connectivity index (χ2v) is 7.66. The van der Waals surface area contributed by atoms with Crippen molar-refractivity contribution in [3.63, 3.8) is 0 Å². The highest BCUT2D eigenvalue weighted by Crippen LogP contribution is 2.35. The van der Waals surface area contributed by atoms with E-state index >= 15 is 0 Å². The molecule has 0 aliphatic heterocycles. The number of nitrogens with one attached hydrogen (secondary N) is 1. The molecule has 0 unspecified atom stereocenters. The van der Waals surface area contributed by atoms with Crippen LogP contribution in [0, 0.1) is 5.92 Å². The zero-order valence-corrected chi connectivity index (χ0v) is 17.1. The maximum atomic E-state index is 13.2. The van der Waals surface area contributed by atoms with Gasteiger partial charge in [0.05, 0.1) is 29.9 Å². The molecular weight excluding hydrogens is 427 g/mol. The Balaban J connectivity index is 1.62. The zero-order chi connectivity index (χ0) is 22.9. The number of alkyl halides is 3. The smallest absolute Gasteiger partial charge is 0.434 e. The molecule has 2 heterocycles. The summed E-state index contributed by atoms with van der Waals surface area (Å²) in [6.07, 6.45) is 2.84. The lowest BCUT2D eigenvalue weighted by molar-refractivity contribution is -0.141. The number of rotatable bonds is 5. The third-order valence-electron chi connectivity index (χ3n) is 5.62. The minimum absolute atomic E-state index is 0.0849. The number of ether oxygens (including phenoxy) is 1. The molecule has 0 bridgehead atoms. The first-order chi connectivity index (χ1) is 15.3. The van der Waals surface area contributed by atoms with Gasteiger partial charge in [0.15, 0.2) is 5.69 Å². The van der Waals surface area contributed by atoms with Crippen LogP contribution in [0.1, 0.15) is 47.8 Å². The van der Waals surface area contributed by atoms with Crippen molar-refractivity contribution in [3.05, 3.63) is 42.1 Å². The van der Waals surface area contributed by atoms with Crippen LogP contribution in [-0.4, -0.2) is 39.1 Å². The van der Waals surface area contributed by atoms with E-state index in [2.05, 4.69) is 20.4 Å². The molecule has 1 fully saturated rings. The van der Waals surface area contributed by atoms with E-state index < -0.39 is 23.3 Å². The molecule has 0 saturated heterocycles. The van der Waals surface area contributed by atoms with Crippen molar-refractivity contribution in [2.24, 2.45) is 5.92 Å². The number of hydrogen-bond acceptors (Lipinski definition) is 6. The maximum absolute atomic E-state index is 13.2. The van der Waals surface area contributed by atoms with Crippen molar-refractivity contribution < 1.29 is 27.5 Å². The molecule has 11 heteroatoms. The Bertz CT molecular complexity index is 1150. The average molecular weight is 447 g/mol. The van der Waals surface area contributed by atoms with Gasteiger partial charge in [0, 0.05) is 29.8 Å². The average Bonchev–Trinajstić information content (AvgIpc) is 3.20. The Hall–Kier alpha value is -3.50. The molecule has 1 N–H and O–H groups in total. The van der Waals surface area contributed by atoms with Crippen molar-refractivity contribution >= 4 is 28.8 Å². The number of halogens is 3. The summed E-state index contributed by atoms with van der Waals surface area (Å²) in [4.78, 5) is 30.3. The van der Waals surface area contributed by atoms with Gasteiger partial charge in [-0.25, -0.2) is 9.97 Å². The van der Waals surface area contributed by atoms with Crippen LogP contribution in [0.2, 0.25) is 0 Å². The Morgan fingerprint density at radius 1 is 1.25 bits per heavy atom. The molecule has 0 spiro atoms. The van der Waals surface area contributed by atoms with Gasteiger partial charge in [-0.2, -0.15) is 18.3 Å². The Morgan fingerprint density at radius 2 is 2.00 bits per heavy atom.